The largest absolute Gasteiger partial charge is 0.507 e. The van der Waals surface area contributed by atoms with Crippen LogP contribution in [0.15, 0.2) is 78.9 Å². The molecule has 39 heavy (non-hydrogen) atoms. The number of hydrogen-bond acceptors (Lipinski definition) is 7. The van der Waals surface area contributed by atoms with Crippen LogP contribution in [-0.4, -0.2) is 34.5 Å². The molecular weight excluding hydrogens is 512 g/mol. The molecule has 0 saturated carbocycles. The lowest BCUT2D eigenvalue weighted by Crippen LogP contribution is -2.29. The minimum absolute atomic E-state index is 0.0158. The Balaban J connectivity index is 1.50. The first kappa shape index (κ1) is 24.9. The third kappa shape index (κ3) is 4.36. The fourth-order valence-corrected chi connectivity index (χ4v) is 6.18. The van der Waals surface area contributed by atoms with E-state index >= 15 is 0 Å². The number of aryl methyl sites for hydroxylation is 1. The lowest BCUT2D eigenvalue weighted by Gasteiger charge is -2.23. The van der Waals surface area contributed by atoms with Crippen LogP contribution in [0.5, 0.6) is 11.5 Å². The molecule has 3 heterocycles. The molecule has 0 radical (unpaired) electrons. The molecule has 0 aliphatic carbocycles. The molecule has 3 aromatic carbocycles. The van der Waals surface area contributed by atoms with Gasteiger partial charge in [-0.1, -0.05) is 42.2 Å². The quantitative estimate of drug-likeness (QED) is 0.138. The van der Waals surface area contributed by atoms with Crippen LogP contribution in [0, 0.1) is 6.92 Å². The van der Waals surface area contributed by atoms with Crippen molar-refractivity contribution in [3.63, 3.8) is 0 Å². The smallest absolute Gasteiger partial charge is 0.301 e. The van der Waals surface area contributed by atoms with Crippen molar-refractivity contribution in [3.05, 3.63) is 101 Å². The van der Waals surface area contributed by atoms with E-state index in [1.54, 1.807) is 42.5 Å². The first-order valence-electron chi connectivity index (χ1n) is 12.7. The van der Waals surface area contributed by atoms with Crippen molar-refractivity contribution in [2.24, 2.45) is 0 Å². The van der Waals surface area contributed by atoms with E-state index in [9.17, 15) is 14.7 Å². The van der Waals surface area contributed by atoms with Crippen LogP contribution in [0.2, 0.25) is 0 Å². The Morgan fingerprint density at radius 1 is 1.18 bits per heavy atom. The third-order valence-electron chi connectivity index (χ3n) is 6.92. The maximum absolute atomic E-state index is 13.6. The van der Waals surface area contributed by atoms with Crippen molar-refractivity contribution in [2.45, 2.75) is 32.4 Å². The molecule has 1 N–H and O–H groups in total. The molecule has 2 aliphatic rings. The van der Waals surface area contributed by atoms with Crippen molar-refractivity contribution in [3.8, 4) is 11.5 Å². The fourth-order valence-electron chi connectivity index (χ4n) is 5.09. The summed E-state index contributed by atoms with van der Waals surface area (Å²) in [5, 5.41) is 11.9. The number of aliphatic hydroxyl groups is 1. The van der Waals surface area contributed by atoms with Crippen LogP contribution in [0.1, 0.15) is 35.2 Å². The van der Waals surface area contributed by atoms with E-state index in [0.717, 1.165) is 27.1 Å². The van der Waals surface area contributed by atoms with Gasteiger partial charge in [-0.25, -0.2) is 4.98 Å². The number of rotatable bonds is 6. The van der Waals surface area contributed by atoms with Gasteiger partial charge in [0.2, 0.25) is 0 Å². The average Bonchev–Trinajstić information content (AvgIpc) is 3.59. The number of nitrogens with zero attached hydrogens (tertiary/aromatic N) is 2. The van der Waals surface area contributed by atoms with Gasteiger partial charge in [0.05, 0.1) is 21.8 Å². The summed E-state index contributed by atoms with van der Waals surface area (Å²) in [7, 11) is 0. The number of Topliss-reactive ketones (excluding diaryl/α,β-unsaturated/α-hetero) is 1. The zero-order valence-corrected chi connectivity index (χ0v) is 22.3. The molecule has 1 aromatic heterocycles. The molecule has 0 spiro atoms. The highest BCUT2D eigenvalue weighted by Crippen LogP contribution is 2.45. The molecule has 1 amide bonds. The van der Waals surface area contributed by atoms with Gasteiger partial charge in [0.25, 0.3) is 5.78 Å². The predicted octanol–water partition coefficient (Wildman–Crippen LogP) is 6.12. The second-order valence-corrected chi connectivity index (χ2v) is 10.8. The maximum Gasteiger partial charge on any atom is 0.301 e. The third-order valence-corrected chi connectivity index (χ3v) is 7.93. The highest BCUT2D eigenvalue weighted by Gasteiger charge is 2.48. The van der Waals surface area contributed by atoms with Gasteiger partial charge < -0.3 is 14.6 Å². The van der Waals surface area contributed by atoms with E-state index in [2.05, 4.69) is 6.58 Å². The molecule has 8 heteroatoms. The normalized spacial score (nSPS) is 19.8. The van der Waals surface area contributed by atoms with Crippen molar-refractivity contribution in [1.82, 2.24) is 4.98 Å². The summed E-state index contributed by atoms with van der Waals surface area (Å²) in [6.45, 7) is 7.99. The van der Waals surface area contributed by atoms with Crippen LogP contribution >= 0.6 is 11.3 Å². The van der Waals surface area contributed by atoms with Crippen LogP contribution in [0.4, 0.5) is 5.13 Å². The van der Waals surface area contributed by atoms with E-state index in [-0.39, 0.29) is 17.4 Å². The lowest BCUT2D eigenvalue weighted by atomic mass is 9.94. The van der Waals surface area contributed by atoms with Crippen molar-refractivity contribution < 1.29 is 24.2 Å². The summed E-state index contributed by atoms with van der Waals surface area (Å²) < 4.78 is 12.3. The molecule has 1 fully saturated rings. The zero-order chi connectivity index (χ0) is 27.3. The minimum atomic E-state index is -0.872. The standard InChI is InChI=1S/C31H26N2O5S/c1-4-13-37-22-9-6-19(7-10-22)27-26(28(34)20-8-12-24-21(16-20)15-18(3)38-24)29(35)30(36)33(27)31-32-23-11-5-17(2)14-25(23)39-31/h4-12,14,16,18,27,34H,1,13,15H2,2-3H3/b28-26+/t18-,27+/m0/s1. The van der Waals surface area contributed by atoms with Gasteiger partial charge in [0.15, 0.2) is 5.13 Å². The first-order valence-corrected chi connectivity index (χ1v) is 13.5. The molecule has 4 aromatic rings. The number of amides is 1. The fraction of sp³-hybridized carbons (Fsp3) is 0.194. The number of aromatic nitrogens is 1. The second-order valence-electron chi connectivity index (χ2n) is 9.76. The van der Waals surface area contributed by atoms with E-state index in [1.165, 1.54) is 16.2 Å². The summed E-state index contributed by atoms with van der Waals surface area (Å²) in [6.07, 6.45) is 2.39. The van der Waals surface area contributed by atoms with Gasteiger partial charge in [-0.15, -0.1) is 0 Å². The maximum atomic E-state index is 13.6. The number of anilines is 1. The van der Waals surface area contributed by atoms with Crippen LogP contribution in [0.3, 0.4) is 0 Å². The van der Waals surface area contributed by atoms with Crippen molar-refractivity contribution >= 4 is 44.1 Å². The van der Waals surface area contributed by atoms with Gasteiger partial charge in [-0.05, 0) is 73.0 Å². The van der Waals surface area contributed by atoms with Crippen LogP contribution < -0.4 is 14.4 Å². The summed E-state index contributed by atoms with van der Waals surface area (Å²) >= 11 is 1.34. The van der Waals surface area contributed by atoms with Gasteiger partial charge in [-0.2, -0.15) is 0 Å². The van der Waals surface area contributed by atoms with E-state index < -0.39 is 17.7 Å². The van der Waals surface area contributed by atoms with E-state index in [1.807, 2.05) is 38.1 Å². The summed E-state index contributed by atoms with van der Waals surface area (Å²) in [4.78, 5) is 33.2. The number of ether oxygens (including phenoxy) is 2. The molecule has 2 aliphatic heterocycles. The molecule has 196 valence electrons. The Labute approximate surface area is 229 Å². The highest BCUT2D eigenvalue weighted by atomic mass is 32.1. The zero-order valence-electron chi connectivity index (χ0n) is 21.5. The second kappa shape index (κ2) is 9.71. The summed E-state index contributed by atoms with van der Waals surface area (Å²) in [5.41, 5.74) is 3.88. The predicted molar refractivity (Wildman–Crippen MR) is 152 cm³/mol. The van der Waals surface area contributed by atoms with Gasteiger partial charge in [0, 0.05) is 12.0 Å². The van der Waals surface area contributed by atoms with Gasteiger partial charge >= 0.3 is 5.91 Å². The number of aliphatic hydroxyl groups excluding tert-OH is 1. The summed E-state index contributed by atoms with van der Waals surface area (Å²) in [5.74, 6) is -0.339. The highest BCUT2D eigenvalue weighted by molar-refractivity contribution is 7.22. The molecule has 0 unspecified atom stereocenters. The van der Waals surface area contributed by atoms with E-state index in [4.69, 9.17) is 14.5 Å². The molecule has 1 saturated heterocycles. The van der Waals surface area contributed by atoms with Gasteiger partial charge in [0.1, 0.15) is 30.0 Å². The summed E-state index contributed by atoms with van der Waals surface area (Å²) in [6, 6.07) is 17.5. The van der Waals surface area contributed by atoms with Crippen molar-refractivity contribution in [1.29, 1.82) is 0 Å². The first-order chi connectivity index (χ1) is 18.8. The number of hydrogen-bond donors (Lipinski definition) is 1. The molecular formula is C31H26N2O5S. The number of carbonyl (C=O) groups is 2. The Kier molecular flexibility index (Phi) is 6.19. The van der Waals surface area contributed by atoms with Crippen molar-refractivity contribution in [2.75, 3.05) is 11.5 Å². The van der Waals surface area contributed by atoms with E-state index in [0.29, 0.717) is 35.0 Å². The minimum Gasteiger partial charge on any atom is -0.507 e. The monoisotopic (exact) mass is 538 g/mol. The Morgan fingerprint density at radius 3 is 2.74 bits per heavy atom. The molecule has 6 rings (SSSR count). The van der Waals surface area contributed by atoms with Crippen LogP contribution in [-0.2, 0) is 16.0 Å². The average molecular weight is 539 g/mol. The molecule has 2 atom stereocenters. The topological polar surface area (TPSA) is 89.0 Å². The Bertz CT molecular complexity index is 1670. The number of fused-ring (bicyclic) bond motifs is 2. The van der Waals surface area contributed by atoms with Crippen LogP contribution in [0.25, 0.3) is 16.0 Å². The van der Waals surface area contributed by atoms with Gasteiger partial charge in [-0.3, -0.25) is 14.5 Å². The number of benzene rings is 3. The molecule has 7 nitrogen and oxygen atoms in total. The Morgan fingerprint density at radius 2 is 1.97 bits per heavy atom. The SMILES string of the molecule is C=CCOc1ccc([C@@H]2/C(=C(\O)c3ccc4c(c3)C[C@H](C)O4)C(=O)C(=O)N2c2nc3ccc(C)cc3s2)cc1. The lowest BCUT2D eigenvalue weighted by molar-refractivity contribution is -0.132. The number of ketones is 1. The number of carbonyl (C=O) groups excluding carboxylic acids is 2. The number of thiazole rings is 1. The Hall–Kier alpha value is -4.43. The molecule has 0 bridgehead atoms.